The third-order valence-electron chi connectivity index (χ3n) is 2.91. The number of oxime groups is 1. The smallest absolute Gasteiger partial charge is 0.417 e. The molecule has 0 bridgehead atoms. The number of carbonyl (C=O) groups is 1. The van der Waals surface area contributed by atoms with Crippen molar-refractivity contribution in [1.82, 2.24) is 0 Å². The van der Waals surface area contributed by atoms with Gasteiger partial charge in [0.2, 0.25) is 5.60 Å². The molecule has 1 aliphatic rings. The number of hydrogen-bond acceptors (Lipinski definition) is 3. The summed E-state index contributed by atoms with van der Waals surface area (Å²) in [6, 6.07) is 2.10. The fourth-order valence-corrected chi connectivity index (χ4v) is 1.80. The average Bonchev–Trinajstić information content (AvgIpc) is 2.72. The number of nitrogens with zero attached hydrogens (tertiary/aromatic N) is 1. The number of aliphatic carboxylic acids is 1. The van der Waals surface area contributed by atoms with E-state index in [1.807, 2.05) is 0 Å². The van der Waals surface area contributed by atoms with Crippen LogP contribution < -0.4 is 0 Å². The number of alkyl halides is 3. The SMILES string of the molecule is CC1(C(=O)O)CC(c2ccc(F)cc2C(F)(F)F)=NO1. The maximum absolute atomic E-state index is 13.0. The van der Waals surface area contributed by atoms with Gasteiger partial charge in [0, 0.05) is 12.0 Å². The van der Waals surface area contributed by atoms with Crippen molar-refractivity contribution in [3.8, 4) is 0 Å². The van der Waals surface area contributed by atoms with Crippen LogP contribution in [0.3, 0.4) is 0 Å². The molecule has 8 heteroatoms. The first-order valence-electron chi connectivity index (χ1n) is 5.49. The summed E-state index contributed by atoms with van der Waals surface area (Å²) in [5.41, 5.74) is -3.49. The van der Waals surface area contributed by atoms with E-state index in [2.05, 4.69) is 5.16 Å². The molecule has 0 saturated heterocycles. The van der Waals surface area contributed by atoms with Crippen molar-refractivity contribution in [2.45, 2.75) is 25.1 Å². The van der Waals surface area contributed by atoms with Gasteiger partial charge in [0.05, 0.1) is 11.3 Å². The number of rotatable bonds is 2. The molecule has 2 rings (SSSR count). The van der Waals surface area contributed by atoms with E-state index in [0.717, 1.165) is 12.1 Å². The maximum atomic E-state index is 13.0. The summed E-state index contributed by atoms with van der Waals surface area (Å²) in [5.74, 6) is -2.38. The van der Waals surface area contributed by atoms with Crippen LogP contribution in [0.2, 0.25) is 0 Å². The van der Waals surface area contributed by atoms with Crippen molar-refractivity contribution < 1.29 is 32.3 Å². The molecule has 1 aromatic carbocycles. The monoisotopic (exact) mass is 291 g/mol. The van der Waals surface area contributed by atoms with E-state index in [0.29, 0.717) is 6.07 Å². The Kier molecular flexibility index (Phi) is 3.19. The Hall–Kier alpha value is -2.12. The zero-order valence-electron chi connectivity index (χ0n) is 10.2. The van der Waals surface area contributed by atoms with Gasteiger partial charge in [-0.15, -0.1) is 0 Å². The van der Waals surface area contributed by atoms with Crippen molar-refractivity contribution in [2.75, 3.05) is 0 Å². The van der Waals surface area contributed by atoms with Crippen molar-refractivity contribution >= 4 is 11.7 Å². The predicted molar refractivity (Wildman–Crippen MR) is 59.7 cm³/mol. The third-order valence-corrected chi connectivity index (χ3v) is 2.91. The molecule has 0 spiro atoms. The van der Waals surface area contributed by atoms with Gasteiger partial charge in [-0.2, -0.15) is 13.2 Å². The lowest BCUT2D eigenvalue weighted by Gasteiger charge is -2.15. The Bertz CT molecular complexity index is 597. The van der Waals surface area contributed by atoms with Gasteiger partial charge in [-0.3, -0.25) is 0 Å². The average molecular weight is 291 g/mol. The lowest BCUT2D eigenvalue weighted by Crippen LogP contribution is -2.35. The molecule has 0 saturated carbocycles. The molecular formula is C12H9F4NO3. The Balaban J connectivity index is 2.43. The molecule has 4 nitrogen and oxygen atoms in total. The Morgan fingerprint density at radius 1 is 1.45 bits per heavy atom. The van der Waals surface area contributed by atoms with Gasteiger partial charge in [0.25, 0.3) is 0 Å². The van der Waals surface area contributed by atoms with E-state index in [-0.39, 0.29) is 17.7 Å². The fraction of sp³-hybridized carbons (Fsp3) is 0.333. The van der Waals surface area contributed by atoms with E-state index in [9.17, 15) is 22.4 Å². The topological polar surface area (TPSA) is 58.9 Å². The molecule has 1 aromatic rings. The highest BCUT2D eigenvalue weighted by atomic mass is 19.4. The standard InChI is InChI=1S/C12H9F4NO3/c1-11(10(18)19)5-9(17-20-11)7-3-2-6(13)4-8(7)12(14,15)16/h2-4H,5H2,1H3,(H,18,19). The molecule has 108 valence electrons. The van der Waals surface area contributed by atoms with Gasteiger partial charge >= 0.3 is 12.1 Å². The van der Waals surface area contributed by atoms with Crippen LogP contribution >= 0.6 is 0 Å². The van der Waals surface area contributed by atoms with Crippen LogP contribution in [-0.4, -0.2) is 22.4 Å². The van der Waals surface area contributed by atoms with Crippen LogP contribution in [0.1, 0.15) is 24.5 Å². The van der Waals surface area contributed by atoms with Crippen LogP contribution in [-0.2, 0) is 15.8 Å². The molecule has 1 aliphatic heterocycles. The highest BCUT2D eigenvalue weighted by molar-refractivity contribution is 6.05. The van der Waals surface area contributed by atoms with E-state index in [1.54, 1.807) is 0 Å². The molecule has 1 heterocycles. The fourth-order valence-electron chi connectivity index (χ4n) is 1.80. The number of hydrogen-bond donors (Lipinski definition) is 1. The second kappa shape index (κ2) is 4.46. The Labute approximate surface area is 110 Å². The molecule has 0 aromatic heterocycles. The van der Waals surface area contributed by atoms with Crippen LogP contribution in [0.4, 0.5) is 17.6 Å². The number of carboxylic acid groups (broad SMARTS) is 1. The van der Waals surface area contributed by atoms with E-state index >= 15 is 0 Å². The van der Waals surface area contributed by atoms with Crippen molar-refractivity contribution in [3.63, 3.8) is 0 Å². The summed E-state index contributed by atoms with van der Waals surface area (Å²) in [7, 11) is 0. The zero-order valence-corrected chi connectivity index (χ0v) is 10.2. The van der Waals surface area contributed by atoms with E-state index < -0.39 is 29.1 Å². The molecular weight excluding hydrogens is 282 g/mol. The summed E-state index contributed by atoms with van der Waals surface area (Å²) < 4.78 is 51.5. The summed E-state index contributed by atoms with van der Waals surface area (Å²) in [6.07, 6.45) is -5.11. The Morgan fingerprint density at radius 2 is 2.10 bits per heavy atom. The molecule has 20 heavy (non-hydrogen) atoms. The molecule has 0 radical (unpaired) electrons. The number of benzene rings is 1. The molecule has 0 amide bonds. The maximum Gasteiger partial charge on any atom is 0.417 e. The molecule has 0 aliphatic carbocycles. The lowest BCUT2D eigenvalue weighted by molar-refractivity contribution is -0.160. The lowest BCUT2D eigenvalue weighted by atomic mass is 9.93. The number of halogens is 4. The highest BCUT2D eigenvalue weighted by Gasteiger charge is 2.44. The van der Waals surface area contributed by atoms with Gasteiger partial charge in [0.15, 0.2) is 0 Å². The molecule has 1 atom stereocenters. The first-order chi connectivity index (χ1) is 9.13. The van der Waals surface area contributed by atoms with Crippen LogP contribution in [0, 0.1) is 5.82 Å². The largest absolute Gasteiger partial charge is 0.478 e. The van der Waals surface area contributed by atoms with Gasteiger partial charge < -0.3 is 9.94 Å². The molecule has 1 N–H and O–H groups in total. The Morgan fingerprint density at radius 3 is 2.60 bits per heavy atom. The van der Waals surface area contributed by atoms with E-state index in [4.69, 9.17) is 9.94 Å². The summed E-state index contributed by atoms with van der Waals surface area (Å²) in [5, 5.41) is 12.3. The first-order valence-corrected chi connectivity index (χ1v) is 5.49. The number of carboxylic acids is 1. The van der Waals surface area contributed by atoms with Gasteiger partial charge in [0.1, 0.15) is 5.82 Å². The minimum Gasteiger partial charge on any atom is -0.478 e. The van der Waals surface area contributed by atoms with Crippen LogP contribution in [0.5, 0.6) is 0 Å². The molecule has 0 fully saturated rings. The van der Waals surface area contributed by atoms with Crippen LogP contribution in [0.15, 0.2) is 23.4 Å². The summed E-state index contributed by atoms with van der Waals surface area (Å²) in [4.78, 5) is 15.6. The van der Waals surface area contributed by atoms with Crippen molar-refractivity contribution in [3.05, 3.63) is 35.1 Å². The minimum atomic E-state index is -4.78. The zero-order chi connectivity index (χ0) is 15.1. The summed E-state index contributed by atoms with van der Waals surface area (Å²) in [6.45, 7) is 1.20. The molecule has 1 unspecified atom stereocenters. The van der Waals surface area contributed by atoms with Gasteiger partial charge in [-0.1, -0.05) is 5.16 Å². The van der Waals surface area contributed by atoms with E-state index in [1.165, 1.54) is 6.92 Å². The van der Waals surface area contributed by atoms with Crippen molar-refractivity contribution in [2.24, 2.45) is 5.16 Å². The highest BCUT2D eigenvalue weighted by Crippen LogP contribution is 2.36. The van der Waals surface area contributed by atoms with Crippen molar-refractivity contribution in [1.29, 1.82) is 0 Å². The predicted octanol–water partition coefficient (Wildman–Crippen LogP) is 2.81. The van der Waals surface area contributed by atoms with Gasteiger partial charge in [-0.05, 0) is 25.1 Å². The minimum absolute atomic E-state index is 0.178. The third kappa shape index (κ3) is 2.45. The second-order valence-electron chi connectivity index (χ2n) is 4.53. The normalized spacial score (nSPS) is 22.4. The quantitative estimate of drug-likeness (QED) is 0.852. The second-order valence-corrected chi connectivity index (χ2v) is 4.53. The first kappa shape index (κ1) is 14.3. The summed E-state index contributed by atoms with van der Waals surface area (Å²) >= 11 is 0. The van der Waals surface area contributed by atoms with Gasteiger partial charge in [-0.25, -0.2) is 9.18 Å². The van der Waals surface area contributed by atoms with Crippen LogP contribution in [0.25, 0.3) is 0 Å².